The van der Waals surface area contributed by atoms with E-state index in [-0.39, 0.29) is 41.0 Å². The fraction of sp³-hybridized carbons (Fsp3) is 0.562. The van der Waals surface area contributed by atoms with E-state index in [1.54, 1.807) is 24.3 Å². The van der Waals surface area contributed by atoms with Gasteiger partial charge < -0.3 is 25.2 Å². The molecule has 232 valence electrons. The molecular formula is C32H38Cl2FN3O5. The number of amides is 2. The summed E-state index contributed by atoms with van der Waals surface area (Å²) < 4.78 is 27.4. The summed E-state index contributed by atoms with van der Waals surface area (Å²) in [5.74, 6) is -2.24. The van der Waals surface area contributed by atoms with Crippen LogP contribution in [-0.4, -0.2) is 67.1 Å². The summed E-state index contributed by atoms with van der Waals surface area (Å²) in [5, 5.41) is 19.9. The number of methoxy groups -OCH3 is 1. The lowest BCUT2D eigenvalue weighted by atomic mass is 9.53. The number of halogens is 3. The molecule has 2 spiro atoms. The first-order valence-electron chi connectivity index (χ1n) is 14.8. The summed E-state index contributed by atoms with van der Waals surface area (Å²) in [6.07, 6.45) is 2.37. The summed E-state index contributed by atoms with van der Waals surface area (Å²) in [4.78, 5) is 28.9. The van der Waals surface area contributed by atoms with E-state index in [4.69, 9.17) is 32.7 Å². The molecule has 1 aliphatic carbocycles. The van der Waals surface area contributed by atoms with Gasteiger partial charge in [-0.05, 0) is 66.8 Å². The van der Waals surface area contributed by atoms with Crippen molar-refractivity contribution in [3.8, 4) is 0 Å². The van der Waals surface area contributed by atoms with Crippen molar-refractivity contribution >= 4 is 40.7 Å². The van der Waals surface area contributed by atoms with Gasteiger partial charge in [0.25, 0.3) is 0 Å². The van der Waals surface area contributed by atoms with Gasteiger partial charge in [-0.2, -0.15) is 0 Å². The van der Waals surface area contributed by atoms with E-state index in [0.29, 0.717) is 35.5 Å². The number of carbonyl (C=O) groups excluding carboxylic acids is 2. The highest BCUT2D eigenvalue weighted by atomic mass is 35.5. The lowest BCUT2D eigenvalue weighted by molar-refractivity contribution is -0.134. The van der Waals surface area contributed by atoms with Crippen molar-refractivity contribution in [3.63, 3.8) is 0 Å². The second kappa shape index (κ2) is 11.3. The second-order valence-electron chi connectivity index (χ2n) is 13.2. The highest BCUT2D eigenvalue weighted by molar-refractivity contribution is 6.31. The molecule has 3 fully saturated rings. The third-order valence-electron chi connectivity index (χ3n) is 10.3. The maximum atomic E-state index is 16.1. The topological polar surface area (TPSA) is 109 Å². The third-order valence-corrected chi connectivity index (χ3v) is 10.9. The molecule has 0 aromatic heterocycles. The molecule has 2 aromatic carbocycles. The monoisotopic (exact) mass is 633 g/mol. The fourth-order valence-electron chi connectivity index (χ4n) is 8.07. The van der Waals surface area contributed by atoms with E-state index in [0.717, 1.165) is 12.8 Å². The predicted molar refractivity (Wildman–Crippen MR) is 162 cm³/mol. The molecule has 2 saturated heterocycles. The summed E-state index contributed by atoms with van der Waals surface area (Å²) in [6.45, 7) is 4.40. The standard InChI is InChI=1S/C32H38Cl2FN3O5/c1-30(2)9-11-31(12-10-30)32(20-8-7-17(33)13-22(20)37-29(32)41)25(19-5-4-6-21(34)26(19)35)27(38-31)28(40)36-18-14-23(42-3)24(15-39)43-16-18/h4-8,13,18,23-25,27,38-39H,9-12,14-16H2,1-3H3,(H,36,40)(H,37,41)/t18-,23+,24-,25+,27-,32-/m1/s1. The number of anilines is 1. The Morgan fingerprint density at radius 3 is 2.63 bits per heavy atom. The Morgan fingerprint density at radius 2 is 1.93 bits per heavy atom. The van der Waals surface area contributed by atoms with Crippen molar-refractivity contribution in [2.45, 2.75) is 87.1 Å². The lowest BCUT2D eigenvalue weighted by Gasteiger charge is -2.50. The van der Waals surface area contributed by atoms with E-state index in [2.05, 4.69) is 29.8 Å². The number of ether oxygens (including phenoxy) is 2. The number of nitrogens with one attached hydrogen (secondary N) is 3. The van der Waals surface area contributed by atoms with Crippen molar-refractivity contribution in [3.05, 3.63) is 63.4 Å². The molecule has 2 aromatic rings. The van der Waals surface area contributed by atoms with Gasteiger partial charge in [0, 0.05) is 29.3 Å². The van der Waals surface area contributed by atoms with Gasteiger partial charge >= 0.3 is 0 Å². The van der Waals surface area contributed by atoms with Crippen LogP contribution in [0.15, 0.2) is 36.4 Å². The fourth-order valence-corrected chi connectivity index (χ4v) is 8.43. The average Bonchev–Trinajstić information content (AvgIpc) is 3.44. The van der Waals surface area contributed by atoms with E-state index < -0.39 is 47.0 Å². The van der Waals surface area contributed by atoms with Crippen LogP contribution in [0.2, 0.25) is 10.0 Å². The summed E-state index contributed by atoms with van der Waals surface area (Å²) in [5.41, 5.74) is -0.670. The Kier molecular flexibility index (Phi) is 8.06. The minimum atomic E-state index is -1.32. The molecule has 3 aliphatic heterocycles. The van der Waals surface area contributed by atoms with E-state index in [9.17, 15) is 14.7 Å². The normalized spacial score (nSPS) is 32.5. The first-order valence-corrected chi connectivity index (χ1v) is 15.6. The molecule has 43 heavy (non-hydrogen) atoms. The highest BCUT2D eigenvalue weighted by Crippen LogP contribution is 2.64. The summed E-state index contributed by atoms with van der Waals surface area (Å²) in [7, 11) is 1.54. The number of rotatable bonds is 5. The van der Waals surface area contributed by atoms with Crippen LogP contribution < -0.4 is 16.0 Å². The largest absolute Gasteiger partial charge is 0.394 e. The predicted octanol–water partition coefficient (Wildman–Crippen LogP) is 4.70. The number of fused-ring (bicyclic) bond motifs is 3. The summed E-state index contributed by atoms with van der Waals surface area (Å²) >= 11 is 12.7. The van der Waals surface area contributed by atoms with Gasteiger partial charge in [0.15, 0.2) is 0 Å². The molecule has 11 heteroatoms. The van der Waals surface area contributed by atoms with Gasteiger partial charge in [0.1, 0.15) is 17.3 Å². The van der Waals surface area contributed by atoms with Crippen LogP contribution in [0.1, 0.15) is 63.0 Å². The van der Waals surface area contributed by atoms with Gasteiger partial charge in [0.05, 0.1) is 36.4 Å². The van der Waals surface area contributed by atoms with Crippen molar-refractivity contribution in [2.24, 2.45) is 5.41 Å². The minimum absolute atomic E-state index is 0.0427. The number of hydrogen-bond acceptors (Lipinski definition) is 6. The van der Waals surface area contributed by atoms with Gasteiger partial charge in [0.2, 0.25) is 11.8 Å². The number of hydrogen-bond donors (Lipinski definition) is 4. The molecule has 0 radical (unpaired) electrons. The van der Waals surface area contributed by atoms with Gasteiger partial charge in [-0.3, -0.25) is 14.9 Å². The molecule has 6 rings (SSSR count). The minimum Gasteiger partial charge on any atom is -0.394 e. The van der Waals surface area contributed by atoms with Crippen LogP contribution in [0.5, 0.6) is 0 Å². The van der Waals surface area contributed by atoms with Crippen molar-refractivity contribution in [1.29, 1.82) is 0 Å². The average molecular weight is 635 g/mol. The van der Waals surface area contributed by atoms with Crippen molar-refractivity contribution < 1.29 is 28.6 Å². The zero-order valence-corrected chi connectivity index (χ0v) is 26.0. The van der Waals surface area contributed by atoms with Crippen LogP contribution in [0.3, 0.4) is 0 Å². The van der Waals surface area contributed by atoms with Crippen LogP contribution in [-0.2, 0) is 24.5 Å². The number of carbonyl (C=O) groups is 2. The van der Waals surface area contributed by atoms with E-state index in [1.807, 2.05) is 6.07 Å². The van der Waals surface area contributed by atoms with Crippen LogP contribution in [0.25, 0.3) is 0 Å². The van der Waals surface area contributed by atoms with Crippen molar-refractivity contribution in [1.82, 2.24) is 10.6 Å². The van der Waals surface area contributed by atoms with Crippen LogP contribution in [0, 0.1) is 11.2 Å². The Hall–Kier alpha value is -2.27. The van der Waals surface area contributed by atoms with E-state index in [1.165, 1.54) is 13.2 Å². The van der Waals surface area contributed by atoms with Gasteiger partial charge in [-0.15, -0.1) is 0 Å². The smallest absolute Gasteiger partial charge is 0.238 e. The zero-order valence-electron chi connectivity index (χ0n) is 24.5. The SMILES string of the molecule is CO[C@H]1C[C@@H](NC(=O)[C@@H]2NC3(CCC(C)(C)CC3)[C@@]3(C(=O)Nc4cc(Cl)ccc43)[C@H]2c2cccc(Cl)c2F)CO[C@@H]1CO. The first kappa shape index (κ1) is 30.7. The third kappa shape index (κ3) is 4.87. The Morgan fingerprint density at radius 1 is 1.19 bits per heavy atom. The van der Waals surface area contributed by atoms with E-state index >= 15 is 4.39 Å². The Bertz CT molecular complexity index is 1430. The molecule has 6 atom stereocenters. The quantitative estimate of drug-likeness (QED) is 0.380. The number of benzene rings is 2. The summed E-state index contributed by atoms with van der Waals surface area (Å²) in [6, 6.07) is 8.65. The molecule has 3 heterocycles. The second-order valence-corrected chi connectivity index (χ2v) is 14.1. The number of aliphatic hydroxyl groups is 1. The zero-order chi connectivity index (χ0) is 30.7. The molecule has 0 bridgehead atoms. The number of aliphatic hydroxyl groups excluding tert-OH is 1. The Balaban J connectivity index is 1.49. The molecule has 4 N–H and O–H groups in total. The van der Waals surface area contributed by atoms with Crippen molar-refractivity contribution in [2.75, 3.05) is 25.6 Å². The molecule has 4 aliphatic rings. The molecule has 8 nitrogen and oxygen atoms in total. The van der Waals surface area contributed by atoms with Gasteiger partial charge in [-0.1, -0.05) is 55.2 Å². The van der Waals surface area contributed by atoms with Gasteiger partial charge in [-0.25, -0.2) is 4.39 Å². The first-order chi connectivity index (χ1) is 20.5. The maximum absolute atomic E-state index is 16.1. The molecular weight excluding hydrogens is 596 g/mol. The Labute approximate surface area is 261 Å². The maximum Gasteiger partial charge on any atom is 0.238 e. The molecule has 2 amide bonds. The van der Waals surface area contributed by atoms with Crippen LogP contribution in [0.4, 0.5) is 10.1 Å². The lowest BCUT2D eigenvalue weighted by Crippen LogP contribution is -2.61. The van der Waals surface area contributed by atoms with Crippen LogP contribution >= 0.6 is 23.2 Å². The molecule has 1 saturated carbocycles. The molecule has 0 unspecified atom stereocenters. The highest BCUT2D eigenvalue weighted by Gasteiger charge is 2.73.